The van der Waals surface area contributed by atoms with E-state index < -0.39 is 0 Å². The predicted octanol–water partition coefficient (Wildman–Crippen LogP) is 1.19. The number of carbonyl (C=O) groups excluding carboxylic acids is 1. The molecular formula is C10H13NO3. The zero-order valence-electron chi connectivity index (χ0n) is 8.03. The van der Waals surface area contributed by atoms with Crippen molar-refractivity contribution in [2.45, 2.75) is 25.5 Å². The second-order valence-corrected chi connectivity index (χ2v) is 3.42. The van der Waals surface area contributed by atoms with Gasteiger partial charge in [0.05, 0.1) is 18.4 Å². The summed E-state index contributed by atoms with van der Waals surface area (Å²) in [5, 5.41) is 2.87. The Morgan fingerprint density at radius 1 is 1.64 bits per heavy atom. The lowest BCUT2D eigenvalue weighted by Gasteiger charge is -2.14. The van der Waals surface area contributed by atoms with Gasteiger partial charge in [-0.2, -0.15) is 0 Å². The van der Waals surface area contributed by atoms with Crippen LogP contribution in [-0.4, -0.2) is 24.7 Å². The van der Waals surface area contributed by atoms with Gasteiger partial charge < -0.3 is 14.5 Å². The second-order valence-electron chi connectivity index (χ2n) is 3.42. The number of carbonyl (C=O) groups is 1. The average molecular weight is 195 g/mol. The molecule has 4 heteroatoms. The lowest BCUT2D eigenvalue weighted by Crippen LogP contribution is -2.38. The van der Waals surface area contributed by atoms with Gasteiger partial charge in [-0.3, -0.25) is 4.79 Å². The van der Waals surface area contributed by atoms with Crippen LogP contribution < -0.4 is 5.32 Å². The Bertz CT molecular complexity index is 307. The van der Waals surface area contributed by atoms with Crippen LogP contribution in [0.2, 0.25) is 0 Å². The van der Waals surface area contributed by atoms with E-state index in [9.17, 15) is 4.79 Å². The summed E-state index contributed by atoms with van der Waals surface area (Å²) in [6.45, 7) is 2.67. The zero-order valence-corrected chi connectivity index (χ0v) is 8.03. The van der Waals surface area contributed by atoms with Crippen molar-refractivity contribution >= 4 is 5.91 Å². The molecular weight excluding hydrogens is 182 g/mol. The molecule has 1 aromatic heterocycles. The molecule has 0 aromatic carbocycles. The fourth-order valence-corrected chi connectivity index (χ4v) is 1.57. The smallest absolute Gasteiger partial charge is 0.287 e. The van der Waals surface area contributed by atoms with Crippen LogP contribution in [0.1, 0.15) is 23.9 Å². The molecule has 14 heavy (non-hydrogen) atoms. The Balaban J connectivity index is 1.95. The van der Waals surface area contributed by atoms with Crippen LogP contribution in [0.5, 0.6) is 0 Å². The van der Waals surface area contributed by atoms with E-state index in [0.29, 0.717) is 12.4 Å². The van der Waals surface area contributed by atoms with Crippen molar-refractivity contribution in [3.8, 4) is 0 Å². The van der Waals surface area contributed by atoms with Gasteiger partial charge in [0.1, 0.15) is 0 Å². The second kappa shape index (κ2) is 3.84. The van der Waals surface area contributed by atoms with Crippen LogP contribution in [0.3, 0.4) is 0 Å². The predicted molar refractivity (Wildman–Crippen MR) is 50.0 cm³/mol. The topological polar surface area (TPSA) is 51.5 Å². The Morgan fingerprint density at radius 3 is 3.07 bits per heavy atom. The molecule has 1 aliphatic rings. The third kappa shape index (κ3) is 1.80. The summed E-state index contributed by atoms with van der Waals surface area (Å²) in [6, 6.07) is 3.45. The van der Waals surface area contributed by atoms with Crippen molar-refractivity contribution in [2.75, 3.05) is 6.61 Å². The van der Waals surface area contributed by atoms with E-state index >= 15 is 0 Å². The standard InChI is InChI=1S/C10H13NO3/c1-7-8(4-6-13-7)11-10(12)9-3-2-5-14-9/h2-3,5,7-8H,4,6H2,1H3,(H,11,12). The highest BCUT2D eigenvalue weighted by atomic mass is 16.5. The molecule has 1 aliphatic heterocycles. The van der Waals surface area contributed by atoms with Crippen molar-refractivity contribution in [2.24, 2.45) is 0 Å². The maximum Gasteiger partial charge on any atom is 0.287 e. The third-order valence-electron chi connectivity index (χ3n) is 2.44. The average Bonchev–Trinajstić information content (AvgIpc) is 2.77. The molecule has 0 spiro atoms. The van der Waals surface area contributed by atoms with Gasteiger partial charge in [0.25, 0.3) is 5.91 Å². The Hall–Kier alpha value is -1.29. The molecule has 4 nitrogen and oxygen atoms in total. The molecule has 1 saturated heterocycles. The molecule has 2 rings (SSSR count). The van der Waals surface area contributed by atoms with Crippen LogP contribution in [0.15, 0.2) is 22.8 Å². The van der Waals surface area contributed by atoms with Gasteiger partial charge in [-0.25, -0.2) is 0 Å². The summed E-state index contributed by atoms with van der Waals surface area (Å²) in [5.74, 6) is 0.182. The first-order valence-corrected chi connectivity index (χ1v) is 4.73. The van der Waals surface area contributed by atoms with Gasteiger partial charge >= 0.3 is 0 Å². The molecule has 2 atom stereocenters. The Labute approximate surface area is 82.2 Å². The van der Waals surface area contributed by atoms with E-state index in [1.807, 2.05) is 6.92 Å². The molecule has 1 amide bonds. The molecule has 0 bridgehead atoms. The maximum atomic E-state index is 11.5. The number of hydrogen-bond donors (Lipinski definition) is 1. The van der Waals surface area contributed by atoms with E-state index in [0.717, 1.165) is 6.42 Å². The summed E-state index contributed by atoms with van der Waals surface area (Å²) in [6.07, 6.45) is 2.45. The first-order valence-electron chi connectivity index (χ1n) is 4.73. The first-order chi connectivity index (χ1) is 6.77. The monoisotopic (exact) mass is 195 g/mol. The number of amides is 1. The third-order valence-corrected chi connectivity index (χ3v) is 2.44. The molecule has 2 heterocycles. The van der Waals surface area contributed by atoms with Crippen LogP contribution in [0, 0.1) is 0 Å². The number of hydrogen-bond acceptors (Lipinski definition) is 3. The van der Waals surface area contributed by atoms with Crippen molar-refractivity contribution in [3.05, 3.63) is 24.2 Å². The fourth-order valence-electron chi connectivity index (χ4n) is 1.57. The van der Waals surface area contributed by atoms with Gasteiger partial charge in [0, 0.05) is 6.61 Å². The molecule has 0 radical (unpaired) electrons. The van der Waals surface area contributed by atoms with E-state index in [-0.39, 0.29) is 18.1 Å². The van der Waals surface area contributed by atoms with E-state index in [1.54, 1.807) is 12.1 Å². The number of furan rings is 1. The maximum absolute atomic E-state index is 11.5. The summed E-state index contributed by atoms with van der Waals surface area (Å²) in [4.78, 5) is 11.5. The van der Waals surface area contributed by atoms with Crippen LogP contribution >= 0.6 is 0 Å². The zero-order chi connectivity index (χ0) is 9.97. The van der Waals surface area contributed by atoms with Crippen molar-refractivity contribution < 1.29 is 13.9 Å². The quantitative estimate of drug-likeness (QED) is 0.771. The van der Waals surface area contributed by atoms with Crippen LogP contribution in [-0.2, 0) is 4.74 Å². The molecule has 76 valence electrons. The minimum absolute atomic E-state index is 0.0916. The molecule has 1 N–H and O–H groups in total. The van der Waals surface area contributed by atoms with Gasteiger partial charge in [-0.05, 0) is 25.5 Å². The van der Waals surface area contributed by atoms with Crippen LogP contribution in [0.25, 0.3) is 0 Å². The van der Waals surface area contributed by atoms with Crippen LogP contribution in [0.4, 0.5) is 0 Å². The molecule has 2 unspecified atom stereocenters. The number of nitrogens with one attached hydrogen (secondary N) is 1. The van der Waals surface area contributed by atoms with Crippen molar-refractivity contribution in [1.82, 2.24) is 5.32 Å². The molecule has 0 saturated carbocycles. The summed E-state index contributed by atoms with van der Waals surface area (Å²) >= 11 is 0. The Morgan fingerprint density at radius 2 is 2.50 bits per heavy atom. The molecule has 0 aliphatic carbocycles. The van der Waals surface area contributed by atoms with E-state index in [4.69, 9.17) is 9.15 Å². The minimum atomic E-state index is -0.169. The lowest BCUT2D eigenvalue weighted by atomic mass is 10.1. The lowest BCUT2D eigenvalue weighted by molar-refractivity contribution is 0.0842. The van der Waals surface area contributed by atoms with Crippen molar-refractivity contribution in [3.63, 3.8) is 0 Å². The SMILES string of the molecule is CC1OCCC1NC(=O)c1ccco1. The number of rotatable bonds is 2. The van der Waals surface area contributed by atoms with Gasteiger partial charge in [-0.15, -0.1) is 0 Å². The van der Waals surface area contributed by atoms with Gasteiger partial charge in [0.2, 0.25) is 0 Å². The normalized spacial score (nSPS) is 26.4. The highest BCUT2D eigenvalue weighted by molar-refractivity contribution is 5.91. The van der Waals surface area contributed by atoms with Gasteiger partial charge in [0.15, 0.2) is 5.76 Å². The van der Waals surface area contributed by atoms with Gasteiger partial charge in [-0.1, -0.05) is 0 Å². The highest BCUT2D eigenvalue weighted by Crippen LogP contribution is 2.13. The minimum Gasteiger partial charge on any atom is -0.459 e. The first kappa shape index (κ1) is 9.27. The Kier molecular flexibility index (Phi) is 2.54. The fraction of sp³-hybridized carbons (Fsp3) is 0.500. The summed E-state index contributed by atoms with van der Waals surface area (Å²) in [5.41, 5.74) is 0. The highest BCUT2D eigenvalue weighted by Gasteiger charge is 2.26. The van der Waals surface area contributed by atoms with E-state index in [1.165, 1.54) is 6.26 Å². The summed E-state index contributed by atoms with van der Waals surface area (Å²) < 4.78 is 10.3. The number of ether oxygens (including phenoxy) is 1. The van der Waals surface area contributed by atoms with E-state index in [2.05, 4.69) is 5.32 Å². The molecule has 1 aromatic rings. The summed E-state index contributed by atoms with van der Waals surface area (Å²) in [7, 11) is 0. The van der Waals surface area contributed by atoms with Crippen molar-refractivity contribution in [1.29, 1.82) is 0 Å². The molecule has 1 fully saturated rings. The largest absolute Gasteiger partial charge is 0.459 e.